The maximum absolute atomic E-state index is 13.0. The number of carbonyl (C=O) groups is 1. The first-order valence-electron chi connectivity index (χ1n) is 9.88. The molecule has 0 radical (unpaired) electrons. The van der Waals surface area contributed by atoms with E-state index in [1.807, 2.05) is 0 Å². The third kappa shape index (κ3) is 6.04. The molecule has 1 aliphatic rings. The van der Waals surface area contributed by atoms with E-state index in [1.54, 1.807) is 17.9 Å². The Morgan fingerprint density at radius 2 is 1.91 bits per heavy atom. The van der Waals surface area contributed by atoms with Gasteiger partial charge >= 0.3 is 6.36 Å². The van der Waals surface area contributed by atoms with Crippen LogP contribution < -0.4 is 4.74 Å². The average Bonchev–Trinajstić information content (AvgIpc) is 3.31. The zero-order valence-electron chi connectivity index (χ0n) is 17.8. The molecule has 13 heteroatoms. The number of benzene rings is 1. The van der Waals surface area contributed by atoms with Crippen LogP contribution in [0.15, 0.2) is 42.7 Å². The van der Waals surface area contributed by atoms with Crippen molar-refractivity contribution in [1.29, 1.82) is 0 Å². The number of halogens is 3. The lowest BCUT2D eigenvalue weighted by molar-refractivity contribution is -0.274. The normalized spacial score (nSPS) is 20.1. The zero-order chi connectivity index (χ0) is 23.8. The molecule has 2 aromatic heterocycles. The van der Waals surface area contributed by atoms with E-state index in [2.05, 4.69) is 19.8 Å². The summed E-state index contributed by atoms with van der Waals surface area (Å²) in [5.41, 5.74) is 1.40. The standard InChI is InChI=1S/C21H19F3N4O4S.H2O/c1-28-9-14(8-25-28)20-26-16(12-2-4-15(5-3-12)32-21(22,23)24)7-17(27-20)18(29)6-13-10-33(31)11-19(13)30;/h2-5,7-9,13,19,30H,6,10-11H2,1H3;1H2/t13-,19-,33?;/m0./s1. The van der Waals surface area contributed by atoms with Crippen molar-refractivity contribution < 1.29 is 37.5 Å². The maximum Gasteiger partial charge on any atom is 0.573 e. The zero-order valence-corrected chi connectivity index (χ0v) is 18.6. The summed E-state index contributed by atoms with van der Waals surface area (Å²) < 4.78 is 54.5. The highest BCUT2D eigenvalue weighted by Gasteiger charge is 2.33. The fourth-order valence-electron chi connectivity index (χ4n) is 3.51. The quantitative estimate of drug-likeness (QED) is 0.513. The summed E-state index contributed by atoms with van der Waals surface area (Å²) in [6.45, 7) is 0. The van der Waals surface area contributed by atoms with Gasteiger partial charge < -0.3 is 15.3 Å². The Morgan fingerprint density at radius 1 is 1.21 bits per heavy atom. The van der Waals surface area contributed by atoms with Crippen molar-refractivity contribution in [3.05, 3.63) is 48.4 Å². The number of carbonyl (C=O) groups excluding carboxylic acids is 1. The SMILES string of the molecule is Cn1cc(-c2nc(C(=O)C[C@H]3CS(=O)C[C@@H]3O)cc(-c3ccc(OC(F)(F)F)cc3)n2)cn1.O. The van der Waals surface area contributed by atoms with Crippen molar-refractivity contribution in [2.24, 2.45) is 13.0 Å². The molecule has 34 heavy (non-hydrogen) atoms. The summed E-state index contributed by atoms with van der Waals surface area (Å²) in [6, 6.07) is 6.55. The molecular weight excluding hydrogens is 477 g/mol. The van der Waals surface area contributed by atoms with E-state index in [9.17, 15) is 27.3 Å². The number of hydrogen-bond acceptors (Lipinski definition) is 7. The van der Waals surface area contributed by atoms with Crippen LogP contribution in [-0.4, -0.2) is 64.3 Å². The summed E-state index contributed by atoms with van der Waals surface area (Å²) in [5.74, 6) is -0.579. The van der Waals surface area contributed by atoms with E-state index >= 15 is 0 Å². The minimum atomic E-state index is -4.81. The number of ketones is 1. The Kier molecular flexibility index (Phi) is 7.48. The van der Waals surface area contributed by atoms with Gasteiger partial charge in [-0.15, -0.1) is 13.2 Å². The number of ether oxygens (including phenoxy) is 1. The third-order valence-corrected chi connectivity index (χ3v) is 6.62. The van der Waals surface area contributed by atoms with Crippen LogP contribution in [0.2, 0.25) is 0 Å². The molecule has 4 rings (SSSR count). The summed E-state index contributed by atoms with van der Waals surface area (Å²) in [7, 11) is 0.540. The van der Waals surface area contributed by atoms with Crippen LogP contribution in [0.5, 0.6) is 5.75 Å². The Hall–Kier alpha value is -3.16. The van der Waals surface area contributed by atoms with Gasteiger partial charge in [0.25, 0.3) is 0 Å². The van der Waals surface area contributed by atoms with Gasteiger partial charge in [0, 0.05) is 53.5 Å². The Bertz CT molecular complexity index is 1200. The number of nitrogens with zero attached hydrogens (tertiary/aromatic N) is 4. The van der Waals surface area contributed by atoms with Gasteiger partial charge in [0.2, 0.25) is 0 Å². The van der Waals surface area contributed by atoms with Crippen LogP contribution in [-0.2, 0) is 17.8 Å². The molecule has 0 bridgehead atoms. The molecule has 9 nitrogen and oxygen atoms in total. The van der Waals surface area contributed by atoms with Crippen LogP contribution in [0, 0.1) is 5.92 Å². The van der Waals surface area contributed by atoms with Gasteiger partial charge in [-0.2, -0.15) is 5.10 Å². The maximum atomic E-state index is 13.0. The fraction of sp³-hybridized carbons (Fsp3) is 0.333. The highest BCUT2D eigenvalue weighted by Crippen LogP contribution is 2.28. The largest absolute Gasteiger partial charge is 0.573 e. The molecule has 1 fully saturated rings. The number of aliphatic hydroxyl groups is 1. The molecule has 182 valence electrons. The number of Topliss-reactive ketones (excluding diaryl/α,β-unsaturated/α-hetero) is 1. The van der Waals surface area contributed by atoms with Gasteiger partial charge in [-0.1, -0.05) is 0 Å². The second-order valence-electron chi connectivity index (χ2n) is 7.66. The van der Waals surface area contributed by atoms with Gasteiger partial charge in [-0.3, -0.25) is 13.7 Å². The van der Waals surface area contributed by atoms with Gasteiger partial charge in [0.05, 0.1) is 23.6 Å². The summed E-state index contributed by atoms with van der Waals surface area (Å²) in [5, 5.41) is 14.1. The monoisotopic (exact) mass is 498 g/mol. The van der Waals surface area contributed by atoms with Gasteiger partial charge in [-0.05, 0) is 30.3 Å². The molecule has 3 aromatic rings. The third-order valence-electron chi connectivity index (χ3n) is 5.11. The van der Waals surface area contributed by atoms with Crippen LogP contribution >= 0.6 is 0 Å². The van der Waals surface area contributed by atoms with Crippen LogP contribution in [0.25, 0.3) is 22.6 Å². The average molecular weight is 498 g/mol. The van der Waals surface area contributed by atoms with E-state index in [4.69, 9.17) is 0 Å². The molecule has 0 aliphatic carbocycles. The van der Waals surface area contributed by atoms with E-state index in [1.165, 1.54) is 24.4 Å². The Morgan fingerprint density at radius 3 is 2.47 bits per heavy atom. The van der Waals surface area contributed by atoms with Crippen LogP contribution in [0.4, 0.5) is 13.2 Å². The number of alkyl halides is 3. The number of rotatable bonds is 6. The fourth-order valence-corrected chi connectivity index (χ4v) is 5.12. The summed E-state index contributed by atoms with van der Waals surface area (Å²) >= 11 is 0. The van der Waals surface area contributed by atoms with Crippen molar-refractivity contribution in [3.8, 4) is 28.4 Å². The first-order valence-corrected chi connectivity index (χ1v) is 11.4. The topological polar surface area (TPSA) is 139 Å². The number of hydrogen-bond donors (Lipinski definition) is 1. The first-order chi connectivity index (χ1) is 15.6. The van der Waals surface area contributed by atoms with Crippen LogP contribution in [0.1, 0.15) is 16.9 Å². The van der Waals surface area contributed by atoms with Crippen molar-refractivity contribution >= 4 is 16.6 Å². The summed E-state index contributed by atoms with van der Waals surface area (Å²) in [4.78, 5) is 21.8. The number of aliphatic hydroxyl groups excluding tert-OH is 1. The van der Waals surface area contributed by atoms with E-state index in [-0.39, 0.29) is 46.5 Å². The summed E-state index contributed by atoms with van der Waals surface area (Å²) in [6.07, 6.45) is -2.48. The second kappa shape index (κ2) is 9.99. The van der Waals surface area contributed by atoms with Crippen LogP contribution in [0.3, 0.4) is 0 Å². The lowest BCUT2D eigenvalue weighted by Crippen LogP contribution is -2.21. The van der Waals surface area contributed by atoms with Crippen molar-refractivity contribution in [2.45, 2.75) is 18.9 Å². The van der Waals surface area contributed by atoms with Gasteiger partial charge in [0.1, 0.15) is 11.4 Å². The lowest BCUT2D eigenvalue weighted by Gasteiger charge is -2.13. The Labute approximate surface area is 194 Å². The predicted molar refractivity (Wildman–Crippen MR) is 116 cm³/mol. The van der Waals surface area contributed by atoms with E-state index in [0.29, 0.717) is 16.8 Å². The van der Waals surface area contributed by atoms with Crippen molar-refractivity contribution in [2.75, 3.05) is 11.5 Å². The minimum Gasteiger partial charge on any atom is -0.412 e. The van der Waals surface area contributed by atoms with Crippen molar-refractivity contribution in [1.82, 2.24) is 19.7 Å². The Balaban J connectivity index is 0.00000324. The minimum absolute atomic E-state index is 0. The molecule has 1 aliphatic heterocycles. The van der Waals surface area contributed by atoms with Gasteiger partial charge in [0.15, 0.2) is 11.6 Å². The molecule has 3 atom stereocenters. The smallest absolute Gasteiger partial charge is 0.412 e. The molecule has 0 spiro atoms. The number of aryl methyl sites for hydroxylation is 1. The predicted octanol–water partition coefficient (Wildman–Crippen LogP) is 1.93. The first kappa shape index (κ1) is 25.5. The molecule has 3 N–H and O–H groups in total. The van der Waals surface area contributed by atoms with Gasteiger partial charge in [-0.25, -0.2) is 9.97 Å². The molecular formula is C21H21F3N4O5S. The highest BCUT2D eigenvalue weighted by atomic mass is 32.2. The lowest BCUT2D eigenvalue weighted by atomic mass is 9.97. The van der Waals surface area contributed by atoms with E-state index < -0.39 is 29.2 Å². The number of aromatic nitrogens is 4. The van der Waals surface area contributed by atoms with Crippen molar-refractivity contribution in [3.63, 3.8) is 0 Å². The highest BCUT2D eigenvalue weighted by molar-refractivity contribution is 7.85. The molecule has 0 saturated carbocycles. The molecule has 1 unspecified atom stereocenters. The molecule has 1 aromatic carbocycles. The second-order valence-corrected chi connectivity index (χ2v) is 9.21. The molecule has 1 saturated heterocycles. The van der Waals surface area contributed by atoms with E-state index in [0.717, 1.165) is 12.1 Å². The molecule has 3 heterocycles. The molecule has 0 amide bonds.